The number of hydrogen-bond donors (Lipinski definition) is 3. The standard InChI is InChI=1S/C23H26ClN7O4/c1-34-18-6-5-15(10-17(18)24)11-27-21-19(35-23(33)29-13-20-25-7-3-8-26-20)12-28-22(30-21)31-9-2-4-16(31)14-32/h3,5-8,10,12,16,32H,2,4,9,11,13-14H2,1H3,(H,29,33)(H,27,28,30)/t16-/m0/s1. The quantitative estimate of drug-likeness (QED) is 0.403. The molecule has 4 rings (SSSR count). The molecule has 1 atom stereocenters. The highest BCUT2D eigenvalue weighted by atomic mass is 35.5. The molecule has 1 aliphatic heterocycles. The molecule has 0 bridgehead atoms. The summed E-state index contributed by atoms with van der Waals surface area (Å²) in [6.45, 7) is 1.21. The summed E-state index contributed by atoms with van der Waals surface area (Å²) in [5.41, 5.74) is 0.877. The van der Waals surface area contributed by atoms with Crippen LogP contribution in [-0.4, -0.2) is 57.4 Å². The summed E-state index contributed by atoms with van der Waals surface area (Å²) < 4.78 is 10.7. The number of nitrogens with zero attached hydrogens (tertiary/aromatic N) is 5. The molecule has 0 aliphatic carbocycles. The molecule has 12 heteroatoms. The first kappa shape index (κ1) is 24.4. The van der Waals surface area contributed by atoms with Crippen LogP contribution in [0.3, 0.4) is 0 Å². The number of hydrogen-bond acceptors (Lipinski definition) is 10. The van der Waals surface area contributed by atoms with E-state index in [1.165, 1.54) is 6.20 Å². The number of rotatable bonds is 9. The summed E-state index contributed by atoms with van der Waals surface area (Å²) in [6.07, 6.45) is 5.72. The van der Waals surface area contributed by atoms with E-state index < -0.39 is 6.09 Å². The van der Waals surface area contributed by atoms with Gasteiger partial charge in [-0.25, -0.2) is 19.7 Å². The van der Waals surface area contributed by atoms with Crippen LogP contribution >= 0.6 is 11.6 Å². The number of amides is 1. The fourth-order valence-corrected chi connectivity index (χ4v) is 3.98. The van der Waals surface area contributed by atoms with E-state index in [1.54, 1.807) is 37.7 Å². The van der Waals surface area contributed by atoms with Crippen LogP contribution in [0.2, 0.25) is 5.02 Å². The number of nitrogens with one attached hydrogen (secondary N) is 2. The number of carbonyl (C=O) groups excluding carboxylic acids is 1. The van der Waals surface area contributed by atoms with Crippen LogP contribution < -0.4 is 25.0 Å². The van der Waals surface area contributed by atoms with Crippen LogP contribution in [0.25, 0.3) is 0 Å². The van der Waals surface area contributed by atoms with Gasteiger partial charge in [-0.1, -0.05) is 17.7 Å². The second-order valence-electron chi connectivity index (χ2n) is 7.79. The van der Waals surface area contributed by atoms with E-state index in [2.05, 4.69) is 30.6 Å². The van der Waals surface area contributed by atoms with E-state index in [4.69, 9.17) is 21.1 Å². The van der Waals surface area contributed by atoms with Gasteiger partial charge in [0.05, 0.1) is 37.5 Å². The highest BCUT2D eigenvalue weighted by molar-refractivity contribution is 6.32. The lowest BCUT2D eigenvalue weighted by Gasteiger charge is -2.23. The van der Waals surface area contributed by atoms with Crippen LogP contribution in [-0.2, 0) is 13.1 Å². The molecular formula is C23H26ClN7O4. The summed E-state index contributed by atoms with van der Waals surface area (Å²) >= 11 is 6.24. The first-order chi connectivity index (χ1) is 17.1. The van der Waals surface area contributed by atoms with Gasteiger partial charge in [-0.2, -0.15) is 4.98 Å². The van der Waals surface area contributed by atoms with E-state index in [-0.39, 0.29) is 24.9 Å². The zero-order chi connectivity index (χ0) is 24.6. The molecule has 1 aliphatic rings. The van der Waals surface area contributed by atoms with E-state index in [0.717, 1.165) is 24.9 Å². The third-order valence-corrected chi connectivity index (χ3v) is 5.77. The molecule has 0 spiro atoms. The molecule has 0 radical (unpaired) electrons. The Bertz CT molecular complexity index is 1150. The Kier molecular flexibility index (Phi) is 8.11. The molecule has 1 saturated heterocycles. The van der Waals surface area contributed by atoms with E-state index in [9.17, 15) is 9.90 Å². The van der Waals surface area contributed by atoms with Crippen molar-refractivity contribution in [1.82, 2.24) is 25.3 Å². The lowest BCUT2D eigenvalue weighted by atomic mass is 10.2. The van der Waals surface area contributed by atoms with Gasteiger partial charge in [-0.05, 0) is 36.6 Å². The molecule has 1 amide bonds. The van der Waals surface area contributed by atoms with Crippen LogP contribution in [0.1, 0.15) is 24.2 Å². The fraction of sp³-hybridized carbons (Fsp3) is 0.348. The molecule has 3 N–H and O–H groups in total. The predicted molar refractivity (Wildman–Crippen MR) is 130 cm³/mol. The monoisotopic (exact) mass is 499 g/mol. The van der Waals surface area contributed by atoms with Crippen molar-refractivity contribution in [2.45, 2.75) is 32.0 Å². The van der Waals surface area contributed by atoms with Crippen LogP contribution in [0.15, 0.2) is 42.9 Å². The Morgan fingerprint density at radius 3 is 2.80 bits per heavy atom. The molecule has 11 nitrogen and oxygen atoms in total. The Morgan fingerprint density at radius 2 is 2.06 bits per heavy atom. The maximum Gasteiger partial charge on any atom is 0.413 e. The second-order valence-corrected chi connectivity index (χ2v) is 8.19. The van der Waals surface area contributed by atoms with E-state index in [1.807, 2.05) is 11.0 Å². The van der Waals surface area contributed by atoms with Gasteiger partial charge < -0.3 is 30.1 Å². The third kappa shape index (κ3) is 6.25. The van der Waals surface area contributed by atoms with E-state index >= 15 is 0 Å². The molecule has 3 heterocycles. The minimum absolute atomic E-state index is 0.0126. The summed E-state index contributed by atoms with van der Waals surface area (Å²) in [5.74, 6) is 1.96. The zero-order valence-corrected chi connectivity index (χ0v) is 19.9. The molecular weight excluding hydrogens is 474 g/mol. The highest BCUT2D eigenvalue weighted by Crippen LogP contribution is 2.29. The smallest absolute Gasteiger partial charge is 0.413 e. The Hall–Kier alpha value is -3.70. The number of carbonyl (C=O) groups is 1. The van der Waals surface area contributed by atoms with E-state index in [0.29, 0.717) is 34.9 Å². The first-order valence-corrected chi connectivity index (χ1v) is 11.5. The van der Waals surface area contributed by atoms with Crippen molar-refractivity contribution in [3.05, 3.63) is 59.3 Å². The van der Waals surface area contributed by atoms with Crippen molar-refractivity contribution in [3.63, 3.8) is 0 Å². The van der Waals surface area contributed by atoms with Crippen molar-refractivity contribution in [3.8, 4) is 11.5 Å². The minimum Gasteiger partial charge on any atom is -0.495 e. The largest absolute Gasteiger partial charge is 0.495 e. The Labute approximate surface area is 207 Å². The number of aliphatic hydroxyl groups excluding tert-OH is 1. The maximum absolute atomic E-state index is 12.4. The Morgan fingerprint density at radius 1 is 1.23 bits per heavy atom. The molecule has 184 valence electrons. The van der Waals surface area contributed by atoms with Crippen molar-refractivity contribution in [1.29, 1.82) is 0 Å². The number of anilines is 2. The molecule has 35 heavy (non-hydrogen) atoms. The van der Waals surface area contributed by atoms with Gasteiger partial charge in [0.1, 0.15) is 11.6 Å². The number of halogens is 1. The predicted octanol–water partition coefficient (Wildman–Crippen LogP) is 2.79. The van der Waals surface area contributed by atoms with Crippen LogP contribution in [0, 0.1) is 0 Å². The summed E-state index contributed by atoms with van der Waals surface area (Å²) in [7, 11) is 1.55. The zero-order valence-electron chi connectivity index (χ0n) is 19.1. The average Bonchev–Trinajstić information content (AvgIpc) is 3.36. The molecule has 3 aromatic rings. The number of aromatic nitrogens is 4. The number of benzene rings is 1. The van der Waals surface area contributed by atoms with Gasteiger partial charge in [0, 0.05) is 25.5 Å². The molecule has 0 unspecified atom stereocenters. The minimum atomic E-state index is -0.696. The molecule has 1 aromatic carbocycles. The lowest BCUT2D eigenvalue weighted by molar-refractivity contribution is 0.199. The van der Waals surface area contributed by atoms with Gasteiger partial charge in [0.25, 0.3) is 0 Å². The van der Waals surface area contributed by atoms with Crippen LogP contribution in [0.5, 0.6) is 11.5 Å². The molecule has 0 saturated carbocycles. The van der Waals surface area contributed by atoms with Gasteiger partial charge in [0.2, 0.25) is 5.95 Å². The third-order valence-electron chi connectivity index (χ3n) is 5.48. The van der Waals surface area contributed by atoms with Gasteiger partial charge in [0.15, 0.2) is 11.6 Å². The Balaban J connectivity index is 1.51. The average molecular weight is 500 g/mol. The summed E-state index contributed by atoms with van der Waals surface area (Å²) in [5, 5.41) is 16.0. The van der Waals surface area contributed by atoms with Crippen molar-refractivity contribution in [2.75, 3.05) is 30.5 Å². The lowest BCUT2D eigenvalue weighted by Crippen LogP contribution is -2.33. The highest BCUT2D eigenvalue weighted by Gasteiger charge is 2.27. The van der Waals surface area contributed by atoms with Crippen molar-refractivity contribution < 1.29 is 19.4 Å². The maximum atomic E-state index is 12.4. The molecule has 1 fully saturated rings. The van der Waals surface area contributed by atoms with Gasteiger partial charge in [-0.15, -0.1) is 0 Å². The number of aliphatic hydroxyl groups is 1. The van der Waals surface area contributed by atoms with Crippen molar-refractivity contribution in [2.24, 2.45) is 0 Å². The first-order valence-electron chi connectivity index (χ1n) is 11.1. The second kappa shape index (κ2) is 11.6. The number of methoxy groups -OCH3 is 1. The normalized spacial score (nSPS) is 15.1. The number of ether oxygens (including phenoxy) is 2. The summed E-state index contributed by atoms with van der Waals surface area (Å²) in [4.78, 5) is 31.5. The summed E-state index contributed by atoms with van der Waals surface area (Å²) in [6, 6.07) is 7.07. The topological polar surface area (TPSA) is 135 Å². The van der Waals surface area contributed by atoms with Crippen LogP contribution in [0.4, 0.5) is 16.6 Å². The van der Waals surface area contributed by atoms with Gasteiger partial charge >= 0.3 is 6.09 Å². The molecule has 2 aromatic heterocycles. The SMILES string of the molecule is COc1ccc(CNc2nc(N3CCC[C@H]3CO)ncc2OC(=O)NCc2ncccn2)cc1Cl. The fourth-order valence-electron chi connectivity index (χ4n) is 3.70. The van der Waals surface area contributed by atoms with Crippen molar-refractivity contribution >= 4 is 29.5 Å². The van der Waals surface area contributed by atoms with Gasteiger partial charge in [-0.3, -0.25) is 0 Å².